The Morgan fingerprint density at radius 3 is 2.52 bits per heavy atom. The number of fused-ring (bicyclic) bond motifs is 1. The Bertz CT molecular complexity index is 711. The van der Waals surface area contributed by atoms with Crippen LogP contribution in [0.25, 0.3) is 11.4 Å². The second kappa shape index (κ2) is 5.80. The van der Waals surface area contributed by atoms with Crippen molar-refractivity contribution < 1.29 is 9.53 Å². The summed E-state index contributed by atoms with van der Waals surface area (Å²) in [6, 6.07) is 8.50. The number of rotatable bonds is 2. The topological polar surface area (TPSA) is 57.0 Å². The smallest absolute Gasteiger partial charge is 0.309 e. The minimum absolute atomic E-state index is 0.104. The SMILES string of the molecule is COC(=O)C1CCn2c(nnc2-c2ccc(C(C)(C)C)cc2)C1. The fourth-order valence-electron chi connectivity index (χ4n) is 3.03. The van der Waals surface area contributed by atoms with Gasteiger partial charge >= 0.3 is 5.97 Å². The molecule has 0 aliphatic carbocycles. The van der Waals surface area contributed by atoms with Crippen LogP contribution in [0, 0.1) is 5.92 Å². The minimum atomic E-state index is -0.157. The Labute approximate surface area is 136 Å². The Kier molecular flexibility index (Phi) is 3.96. The van der Waals surface area contributed by atoms with Gasteiger partial charge in [0.05, 0.1) is 13.0 Å². The van der Waals surface area contributed by atoms with Crippen molar-refractivity contribution in [2.45, 2.75) is 45.6 Å². The van der Waals surface area contributed by atoms with Gasteiger partial charge in [-0.25, -0.2) is 0 Å². The first kappa shape index (κ1) is 15.7. The second-order valence-corrected chi connectivity index (χ2v) is 7.13. The van der Waals surface area contributed by atoms with Gasteiger partial charge in [0.25, 0.3) is 0 Å². The van der Waals surface area contributed by atoms with Gasteiger partial charge in [0.2, 0.25) is 0 Å². The number of hydrogen-bond acceptors (Lipinski definition) is 4. The number of esters is 1. The molecular formula is C18H23N3O2. The van der Waals surface area contributed by atoms with Crippen molar-refractivity contribution in [3.05, 3.63) is 35.7 Å². The molecule has 0 amide bonds. The number of carbonyl (C=O) groups is 1. The highest BCUT2D eigenvalue weighted by Crippen LogP contribution is 2.28. The zero-order valence-corrected chi connectivity index (χ0v) is 14.2. The number of methoxy groups -OCH3 is 1. The monoisotopic (exact) mass is 313 g/mol. The van der Waals surface area contributed by atoms with E-state index >= 15 is 0 Å². The van der Waals surface area contributed by atoms with Crippen molar-refractivity contribution in [1.82, 2.24) is 14.8 Å². The first-order valence-electron chi connectivity index (χ1n) is 8.01. The van der Waals surface area contributed by atoms with Gasteiger partial charge in [-0.1, -0.05) is 45.0 Å². The van der Waals surface area contributed by atoms with Crippen LogP contribution in [0.2, 0.25) is 0 Å². The maximum atomic E-state index is 11.7. The van der Waals surface area contributed by atoms with E-state index in [2.05, 4.69) is 59.8 Å². The van der Waals surface area contributed by atoms with Crippen LogP contribution in [0.4, 0.5) is 0 Å². The average molecular weight is 313 g/mol. The van der Waals surface area contributed by atoms with Gasteiger partial charge in [0, 0.05) is 18.5 Å². The molecule has 23 heavy (non-hydrogen) atoms. The molecule has 0 bridgehead atoms. The molecule has 5 nitrogen and oxygen atoms in total. The van der Waals surface area contributed by atoms with Crippen LogP contribution in [-0.2, 0) is 27.9 Å². The van der Waals surface area contributed by atoms with Crippen LogP contribution >= 0.6 is 0 Å². The molecule has 3 rings (SSSR count). The Morgan fingerprint density at radius 2 is 1.91 bits per heavy atom. The predicted molar refractivity (Wildman–Crippen MR) is 88.0 cm³/mol. The third kappa shape index (κ3) is 3.00. The lowest BCUT2D eigenvalue weighted by molar-refractivity contribution is -0.146. The van der Waals surface area contributed by atoms with E-state index in [4.69, 9.17) is 4.74 Å². The number of aromatic nitrogens is 3. The predicted octanol–water partition coefficient (Wildman–Crippen LogP) is 2.98. The van der Waals surface area contributed by atoms with E-state index in [1.165, 1.54) is 12.7 Å². The molecule has 0 fully saturated rings. The largest absolute Gasteiger partial charge is 0.469 e. The van der Waals surface area contributed by atoms with Gasteiger partial charge in [-0.3, -0.25) is 4.79 Å². The van der Waals surface area contributed by atoms with E-state index < -0.39 is 0 Å². The summed E-state index contributed by atoms with van der Waals surface area (Å²) in [5, 5.41) is 8.62. The molecule has 122 valence electrons. The quantitative estimate of drug-likeness (QED) is 0.800. The molecule has 0 N–H and O–H groups in total. The van der Waals surface area contributed by atoms with E-state index in [-0.39, 0.29) is 17.3 Å². The zero-order chi connectivity index (χ0) is 16.6. The number of hydrogen-bond donors (Lipinski definition) is 0. The molecule has 1 aromatic carbocycles. The summed E-state index contributed by atoms with van der Waals surface area (Å²) in [6.07, 6.45) is 1.37. The van der Waals surface area contributed by atoms with Crippen molar-refractivity contribution >= 4 is 5.97 Å². The molecule has 5 heteroatoms. The van der Waals surface area contributed by atoms with Crippen LogP contribution in [0.1, 0.15) is 38.6 Å². The number of benzene rings is 1. The first-order valence-corrected chi connectivity index (χ1v) is 8.01. The summed E-state index contributed by atoms with van der Waals surface area (Å²) >= 11 is 0. The molecule has 1 unspecified atom stereocenters. The summed E-state index contributed by atoms with van der Waals surface area (Å²) < 4.78 is 6.96. The molecule has 1 aromatic heterocycles. The molecule has 1 aliphatic rings. The van der Waals surface area contributed by atoms with Crippen molar-refractivity contribution in [2.75, 3.05) is 7.11 Å². The fraction of sp³-hybridized carbons (Fsp3) is 0.500. The standard InChI is InChI=1S/C18H23N3O2/c1-18(2,3)14-7-5-12(6-8-14)16-20-19-15-11-13(17(22)23-4)9-10-21(15)16/h5-8,13H,9-11H2,1-4H3. The van der Waals surface area contributed by atoms with Gasteiger partial charge < -0.3 is 9.30 Å². The van der Waals surface area contributed by atoms with Crippen LogP contribution in [-0.4, -0.2) is 27.8 Å². The third-order valence-corrected chi connectivity index (χ3v) is 4.50. The maximum absolute atomic E-state index is 11.7. The summed E-state index contributed by atoms with van der Waals surface area (Å²) in [6.45, 7) is 7.36. The van der Waals surface area contributed by atoms with Gasteiger partial charge in [-0.2, -0.15) is 0 Å². The van der Waals surface area contributed by atoms with E-state index in [1.807, 2.05) is 0 Å². The molecule has 0 saturated carbocycles. The minimum Gasteiger partial charge on any atom is -0.469 e. The Morgan fingerprint density at radius 1 is 1.22 bits per heavy atom. The molecule has 0 saturated heterocycles. The Hall–Kier alpha value is -2.17. The molecule has 0 spiro atoms. The van der Waals surface area contributed by atoms with E-state index in [1.54, 1.807) is 0 Å². The maximum Gasteiger partial charge on any atom is 0.309 e. The molecule has 2 heterocycles. The van der Waals surface area contributed by atoms with E-state index in [9.17, 15) is 4.79 Å². The van der Waals surface area contributed by atoms with Gasteiger partial charge in [-0.15, -0.1) is 10.2 Å². The van der Waals surface area contributed by atoms with Gasteiger partial charge in [0.1, 0.15) is 5.82 Å². The molecular weight excluding hydrogens is 290 g/mol. The third-order valence-electron chi connectivity index (χ3n) is 4.50. The van der Waals surface area contributed by atoms with Gasteiger partial charge in [-0.05, 0) is 17.4 Å². The number of ether oxygens (including phenoxy) is 1. The molecule has 1 atom stereocenters. The number of nitrogens with zero attached hydrogens (tertiary/aromatic N) is 3. The molecule has 2 aromatic rings. The van der Waals surface area contributed by atoms with Gasteiger partial charge in [0.15, 0.2) is 5.82 Å². The van der Waals surface area contributed by atoms with Crippen molar-refractivity contribution in [3.8, 4) is 11.4 Å². The average Bonchev–Trinajstić information content (AvgIpc) is 2.96. The summed E-state index contributed by atoms with van der Waals surface area (Å²) in [7, 11) is 1.43. The normalized spacial score (nSPS) is 17.7. The highest BCUT2D eigenvalue weighted by atomic mass is 16.5. The highest BCUT2D eigenvalue weighted by Gasteiger charge is 2.28. The first-order chi connectivity index (χ1) is 10.9. The molecule has 0 radical (unpaired) electrons. The van der Waals surface area contributed by atoms with E-state index in [0.29, 0.717) is 6.42 Å². The molecule has 1 aliphatic heterocycles. The van der Waals surface area contributed by atoms with Crippen LogP contribution in [0.15, 0.2) is 24.3 Å². The fourth-order valence-corrected chi connectivity index (χ4v) is 3.03. The second-order valence-electron chi connectivity index (χ2n) is 7.13. The van der Waals surface area contributed by atoms with Crippen LogP contribution in [0.5, 0.6) is 0 Å². The summed E-state index contributed by atoms with van der Waals surface area (Å²) in [4.78, 5) is 11.7. The van der Waals surface area contributed by atoms with Crippen LogP contribution in [0.3, 0.4) is 0 Å². The lowest BCUT2D eigenvalue weighted by Gasteiger charge is -2.22. The lowest BCUT2D eigenvalue weighted by Crippen LogP contribution is -2.27. The Balaban J connectivity index is 1.86. The van der Waals surface area contributed by atoms with E-state index in [0.717, 1.165) is 30.2 Å². The zero-order valence-electron chi connectivity index (χ0n) is 14.2. The van der Waals surface area contributed by atoms with Crippen molar-refractivity contribution in [2.24, 2.45) is 5.92 Å². The lowest BCUT2D eigenvalue weighted by atomic mass is 9.86. The summed E-state index contributed by atoms with van der Waals surface area (Å²) in [5.74, 6) is 1.48. The van der Waals surface area contributed by atoms with Crippen molar-refractivity contribution in [1.29, 1.82) is 0 Å². The van der Waals surface area contributed by atoms with Crippen molar-refractivity contribution in [3.63, 3.8) is 0 Å². The number of carbonyl (C=O) groups excluding carboxylic acids is 1. The summed E-state index contributed by atoms with van der Waals surface area (Å²) in [5.41, 5.74) is 2.50. The van der Waals surface area contributed by atoms with Crippen LogP contribution < -0.4 is 0 Å². The highest BCUT2D eigenvalue weighted by molar-refractivity contribution is 5.72.